The molecular weight excluding hydrogens is 248 g/mol. The van der Waals surface area contributed by atoms with E-state index < -0.39 is 0 Å². The zero-order valence-electron chi connectivity index (χ0n) is 10.8. The fraction of sp³-hybridized carbons (Fsp3) is 0.0588. The maximum Gasteiger partial charge on any atom is 0.146 e. The minimum absolute atomic E-state index is 0.422. The van der Waals surface area contributed by atoms with Gasteiger partial charge in [-0.15, -0.1) is 0 Å². The van der Waals surface area contributed by atoms with Crippen molar-refractivity contribution in [1.82, 2.24) is 4.98 Å². The lowest BCUT2D eigenvalue weighted by Crippen LogP contribution is -1.97. The molecule has 0 amide bonds. The number of rotatable bonds is 3. The van der Waals surface area contributed by atoms with Crippen molar-refractivity contribution < 1.29 is 4.74 Å². The van der Waals surface area contributed by atoms with E-state index in [1.54, 1.807) is 12.3 Å². The molecule has 0 unspecified atom stereocenters. The Bertz CT molecular complexity index is 785. The molecule has 3 rings (SSSR count). The van der Waals surface area contributed by atoms with Gasteiger partial charge in [-0.05, 0) is 29.8 Å². The van der Waals surface area contributed by atoms with Gasteiger partial charge in [-0.2, -0.15) is 5.26 Å². The van der Waals surface area contributed by atoms with Gasteiger partial charge in [0, 0.05) is 11.6 Å². The fourth-order valence-electron chi connectivity index (χ4n) is 2.08. The smallest absolute Gasteiger partial charge is 0.146 e. The van der Waals surface area contributed by atoms with E-state index in [-0.39, 0.29) is 0 Å². The lowest BCUT2D eigenvalue weighted by atomic mass is 10.1. The molecule has 0 spiro atoms. The first-order chi connectivity index (χ1) is 9.86. The average Bonchev–Trinajstić information content (AvgIpc) is 2.53. The van der Waals surface area contributed by atoms with Gasteiger partial charge in [0.15, 0.2) is 0 Å². The highest BCUT2D eigenvalue weighted by Gasteiger charge is 2.03. The summed E-state index contributed by atoms with van der Waals surface area (Å²) in [4.78, 5) is 4.35. The molecule has 0 radical (unpaired) electrons. The van der Waals surface area contributed by atoms with E-state index in [1.807, 2.05) is 48.5 Å². The van der Waals surface area contributed by atoms with Gasteiger partial charge in [0.05, 0.1) is 11.6 Å². The average molecular weight is 260 g/mol. The highest BCUT2D eigenvalue weighted by atomic mass is 16.5. The van der Waals surface area contributed by atoms with Gasteiger partial charge in [0.2, 0.25) is 0 Å². The summed E-state index contributed by atoms with van der Waals surface area (Å²) in [6.07, 6.45) is 1.76. The summed E-state index contributed by atoms with van der Waals surface area (Å²) < 4.78 is 5.83. The summed E-state index contributed by atoms with van der Waals surface area (Å²) in [7, 11) is 0. The quantitative estimate of drug-likeness (QED) is 0.721. The van der Waals surface area contributed by atoms with Crippen molar-refractivity contribution in [3.8, 4) is 11.8 Å². The molecule has 0 N–H and O–H groups in total. The van der Waals surface area contributed by atoms with Crippen LogP contribution in [0.3, 0.4) is 0 Å². The molecule has 0 fully saturated rings. The topological polar surface area (TPSA) is 45.9 Å². The highest BCUT2D eigenvalue weighted by Crippen LogP contribution is 2.23. The summed E-state index contributed by atoms with van der Waals surface area (Å²) in [6.45, 7) is 0.422. The Labute approximate surface area is 117 Å². The van der Waals surface area contributed by atoms with Gasteiger partial charge < -0.3 is 4.74 Å². The molecular formula is C17H12N2O. The molecule has 0 saturated carbocycles. The number of hydrogen-bond acceptors (Lipinski definition) is 3. The summed E-state index contributed by atoms with van der Waals surface area (Å²) in [6, 6.07) is 19.3. The molecule has 3 aromatic rings. The van der Waals surface area contributed by atoms with E-state index in [4.69, 9.17) is 10.00 Å². The number of ether oxygens (including phenoxy) is 1. The summed E-state index contributed by atoms with van der Waals surface area (Å²) >= 11 is 0. The zero-order valence-corrected chi connectivity index (χ0v) is 10.8. The molecule has 3 heteroatoms. The highest BCUT2D eigenvalue weighted by molar-refractivity contribution is 5.84. The van der Waals surface area contributed by atoms with Crippen molar-refractivity contribution in [2.45, 2.75) is 6.61 Å². The number of fused-ring (bicyclic) bond motifs is 1. The summed E-state index contributed by atoms with van der Waals surface area (Å²) in [5, 5.41) is 9.94. The van der Waals surface area contributed by atoms with Crippen LogP contribution < -0.4 is 4.74 Å². The Balaban J connectivity index is 1.85. The molecule has 0 atom stereocenters. The minimum Gasteiger partial charge on any atom is -0.487 e. The number of nitrogens with zero attached hydrogens (tertiary/aromatic N) is 2. The van der Waals surface area contributed by atoms with Crippen molar-refractivity contribution in [2.75, 3.05) is 0 Å². The monoisotopic (exact) mass is 260 g/mol. The van der Waals surface area contributed by atoms with Crippen LogP contribution in [-0.2, 0) is 6.61 Å². The van der Waals surface area contributed by atoms with E-state index in [1.165, 1.54) is 0 Å². The van der Waals surface area contributed by atoms with E-state index in [0.717, 1.165) is 22.2 Å². The van der Waals surface area contributed by atoms with E-state index in [9.17, 15) is 0 Å². The fourth-order valence-corrected chi connectivity index (χ4v) is 2.08. The van der Waals surface area contributed by atoms with Crippen molar-refractivity contribution in [1.29, 1.82) is 5.26 Å². The summed E-state index contributed by atoms with van der Waals surface area (Å²) in [5.74, 6) is 0.755. The molecule has 1 heterocycles. The lowest BCUT2D eigenvalue weighted by molar-refractivity contribution is 0.309. The van der Waals surface area contributed by atoms with Crippen molar-refractivity contribution in [3.63, 3.8) is 0 Å². The molecule has 0 bridgehead atoms. The van der Waals surface area contributed by atoms with E-state index in [2.05, 4.69) is 11.1 Å². The number of nitriles is 1. The zero-order chi connectivity index (χ0) is 13.8. The number of pyridine rings is 1. The van der Waals surface area contributed by atoms with Crippen LogP contribution in [0, 0.1) is 11.3 Å². The summed E-state index contributed by atoms with van der Waals surface area (Å²) in [5.41, 5.74) is 2.46. The Morgan fingerprint density at radius 2 is 1.90 bits per heavy atom. The van der Waals surface area contributed by atoms with Crippen LogP contribution in [0.4, 0.5) is 0 Å². The van der Waals surface area contributed by atoms with Crippen LogP contribution in [-0.4, -0.2) is 4.98 Å². The second kappa shape index (κ2) is 5.41. The molecule has 0 saturated heterocycles. The molecule has 0 aliphatic carbocycles. The molecule has 20 heavy (non-hydrogen) atoms. The van der Waals surface area contributed by atoms with Crippen LogP contribution >= 0.6 is 0 Å². The number of para-hydroxylation sites is 1. The van der Waals surface area contributed by atoms with Gasteiger partial charge in [-0.1, -0.05) is 30.3 Å². The van der Waals surface area contributed by atoms with Gasteiger partial charge in [0.1, 0.15) is 17.9 Å². The Morgan fingerprint density at radius 3 is 2.80 bits per heavy atom. The Morgan fingerprint density at radius 1 is 1.05 bits per heavy atom. The third kappa shape index (κ3) is 2.45. The van der Waals surface area contributed by atoms with Crippen LogP contribution in [0.1, 0.15) is 11.1 Å². The van der Waals surface area contributed by atoms with Gasteiger partial charge >= 0.3 is 0 Å². The molecule has 96 valence electrons. The van der Waals surface area contributed by atoms with Crippen molar-refractivity contribution >= 4 is 10.9 Å². The third-order valence-corrected chi connectivity index (χ3v) is 3.05. The van der Waals surface area contributed by atoms with E-state index in [0.29, 0.717) is 12.2 Å². The standard InChI is InChI=1S/C17H12N2O/c18-11-13-4-1-5-14(10-13)12-20-16-8-2-6-15-7-3-9-19-17(15)16/h1-10H,12H2. The normalized spacial score (nSPS) is 10.2. The number of aromatic nitrogens is 1. The molecule has 2 aromatic carbocycles. The Hall–Kier alpha value is -2.86. The van der Waals surface area contributed by atoms with Crippen LogP contribution in [0.25, 0.3) is 10.9 Å². The largest absolute Gasteiger partial charge is 0.487 e. The minimum atomic E-state index is 0.422. The first kappa shape index (κ1) is 12.2. The predicted molar refractivity (Wildman–Crippen MR) is 77.2 cm³/mol. The SMILES string of the molecule is N#Cc1cccc(COc2cccc3cccnc23)c1. The van der Waals surface area contributed by atoms with Crippen LogP contribution in [0.2, 0.25) is 0 Å². The maximum atomic E-state index is 8.89. The second-order valence-electron chi connectivity index (χ2n) is 4.43. The molecule has 0 aliphatic rings. The lowest BCUT2D eigenvalue weighted by Gasteiger charge is -2.08. The Kier molecular flexibility index (Phi) is 3.30. The van der Waals surface area contributed by atoms with Crippen molar-refractivity contribution in [2.24, 2.45) is 0 Å². The second-order valence-corrected chi connectivity index (χ2v) is 4.43. The number of benzene rings is 2. The first-order valence-corrected chi connectivity index (χ1v) is 6.32. The van der Waals surface area contributed by atoms with Gasteiger partial charge in [-0.3, -0.25) is 4.98 Å². The molecule has 0 aliphatic heterocycles. The van der Waals surface area contributed by atoms with Crippen molar-refractivity contribution in [3.05, 3.63) is 71.9 Å². The van der Waals surface area contributed by atoms with Gasteiger partial charge in [-0.25, -0.2) is 0 Å². The maximum absolute atomic E-state index is 8.89. The van der Waals surface area contributed by atoms with Gasteiger partial charge in [0.25, 0.3) is 0 Å². The van der Waals surface area contributed by atoms with Crippen LogP contribution in [0.5, 0.6) is 5.75 Å². The van der Waals surface area contributed by atoms with E-state index >= 15 is 0 Å². The third-order valence-electron chi connectivity index (χ3n) is 3.05. The first-order valence-electron chi connectivity index (χ1n) is 6.32. The number of hydrogen-bond donors (Lipinski definition) is 0. The predicted octanol–water partition coefficient (Wildman–Crippen LogP) is 3.69. The van der Waals surface area contributed by atoms with Crippen LogP contribution in [0.15, 0.2) is 60.8 Å². The molecule has 3 nitrogen and oxygen atoms in total. The molecule has 1 aromatic heterocycles.